The van der Waals surface area contributed by atoms with Crippen LogP contribution in [0.4, 0.5) is 0 Å². The highest BCUT2D eigenvalue weighted by Gasteiger charge is 2.14. The Morgan fingerprint density at radius 2 is 1.85 bits per heavy atom. The minimum Gasteiger partial charge on any atom is -0.345 e. The lowest BCUT2D eigenvalue weighted by molar-refractivity contribution is 0.0939. The molecule has 0 aliphatic rings. The SMILES string of the molecule is Cc1ccc(C(C)NC(=O)c2ccccc2Br)c(C)c1. The second-order valence-corrected chi connectivity index (χ2v) is 5.89. The Morgan fingerprint density at radius 1 is 1.15 bits per heavy atom. The first-order valence-electron chi connectivity index (χ1n) is 6.61. The molecule has 1 atom stereocenters. The number of benzene rings is 2. The highest BCUT2D eigenvalue weighted by molar-refractivity contribution is 9.10. The highest BCUT2D eigenvalue weighted by atomic mass is 79.9. The fourth-order valence-electron chi connectivity index (χ4n) is 2.31. The van der Waals surface area contributed by atoms with Crippen molar-refractivity contribution in [1.29, 1.82) is 0 Å². The van der Waals surface area contributed by atoms with Crippen LogP contribution in [0.5, 0.6) is 0 Å². The summed E-state index contributed by atoms with van der Waals surface area (Å²) >= 11 is 3.41. The molecule has 1 amide bonds. The summed E-state index contributed by atoms with van der Waals surface area (Å²) in [5.74, 6) is -0.0649. The van der Waals surface area contributed by atoms with Gasteiger partial charge in [-0.3, -0.25) is 4.79 Å². The predicted molar refractivity (Wildman–Crippen MR) is 85.9 cm³/mol. The molecule has 0 heterocycles. The molecule has 0 bridgehead atoms. The Morgan fingerprint density at radius 3 is 2.50 bits per heavy atom. The van der Waals surface area contributed by atoms with E-state index in [2.05, 4.69) is 53.3 Å². The maximum Gasteiger partial charge on any atom is 0.252 e. The molecule has 104 valence electrons. The van der Waals surface area contributed by atoms with Crippen LogP contribution in [0.15, 0.2) is 46.9 Å². The zero-order chi connectivity index (χ0) is 14.7. The van der Waals surface area contributed by atoms with Crippen LogP contribution in [0, 0.1) is 13.8 Å². The molecule has 0 radical (unpaired) electrons. The van der Waals surface area contributed by atoms with E-state index in [1.54, 1.807) is 0 Å². The van der Waals surface area contributed by atoms with E-state index >= 15 is 0 Å². The maximum absolute atomic E-state index is 12.3. The molecule has 2 aromatic rings. The van der Waals surface area contributed by atoms with Crippen molar-refractivity contribution in [2.75, 3.05) is 0 Å². The van der Waals surface area contributed by atoms with E-state index in [-0.39, 0.29) is 11.9 Å². The van der Waals surface area contributed by atoms with Crippen molar-refractivity contribution in [2.24, 2.45) is 0 Å². The van der Waals surface area contributed by atoms with Crippen molar-refractivity contribution in [3.05, 3.63) is 69.2 Å². The van der Waals surface area contributed by atoms with Crippen molar-refractivity contribution in [2.45, 2.75) is 26.8 Å². The van der Waals surface area contributed by atoms with Gasteiger partial charge in [-0.05, 0) is 60.0 Å². The van der Waals surface area contributed by atoms with Gasteiger partial charge < -0.3 is 5.32 Å². The highest BCUT2D eigenvalue weighted by Crippen LogP contribution is 2.21. The van der Waals surface area contributed by atoms with E-state index < -0.39 is 0 Å². The predicted octanol–water partition coefficient (Wildman–Crippen LogP) is 4.56. The molecule has 1 unspecified atom stereocenters. The molecule has 0 spiro atoms. The lowest BCUT2D eigenvalue weighted by Crippen LogP contribution is -2.27. The van der Waals surface area contributed by atoms with Gasteiger partial charge in [-0.2, -0.15) is 0 Å². The maximum atomic E-state index is 12.3. The Bertz CT molecular complexity index is 637. The van der Waals surface area contributed by atoms with Gasteiger partial charge in [0, 0.05) is 4.47 Å². The summed E-state index contributed by atoms with van der Waals surface area (Å²) < 4.78 is 0.810. The largest absolute Gasteiger partial charge is 0.345 e. The minimum absolute atomic E-state index is 0.0183. The van der Waals surface area contributed by atoms with Gasteiger partial charge in [0.1, 0.15) is 0 Å². The summed E-state index contributed by atoms with van der Waals surface area (Å²) in [6.07, 6.45) is 0. The van der Waals surface area contributed by atoms with Gasteiger partial charge in [-0.25, -0.2) is 0 Å². The van der Waals surface area contributed by atoms with Gasteiger partial charge in [0.25, 0.3) is 5.91 Å². The van der Waals surface area contributed by atoms with Crippen molar-refractivity contribution in [3.8, 4) is 0 Å². The summed E-state index contributed by atoms with van der Waals surface area (Å²) in [5, 5.41) is 3.04. The van der Waals surface area contributed by atoms with E-state index in [1.165, 1.54) is 11.1 Å². The standard InChI is InChI=1S/C17H18BrNO/c1-11-8-9-14(12(2)10-11)13(3)19-17(20)15-6-4-5-7-16(15)18/h4-10,13H,1-3H3,(H,19,20). The fraction of sp³-hybridized carbons (Fsp3) is 0.235. The fourth-order valence-corrected chi connectivity index (χ4v) is 2.77. The van der Waals surface area contributed by atoms with Gasteiger partial charge in [0.05, 0.1) is 11.6 Å². The first-order valence-corrected chi connectivity index (χ1v) is 7.41. The topological polar surface area (TPSA) is 29.1 Å². The van der Waals surface area contributed by atoms with Gasteiger partial charge in [0.15, 0.2) is 0 Å². The number of halogens is 1. The molecule has 0 fully saturated rings. The van der Waals surface area contributed by atoms with Crippen molar-refractivity contribution < 1.29 is 4.79 Å². The Labute approximate surface area is 128 Å². The average molecular weight is 332 g/mol. The van der Waals surface area contributed by atoms with Crippen LogP contribution in [0.2, 0.25) is 0 Å². The van der Waals surface area contributed by atoms with E-state index in [0.29, 0.717) is 5.56 Å². The number of rotatable bonds is 3. The van der Waals surface area contributed by atoms with E-state index in [9.17, 15) is 4.79 Å². The number of carbonyl (C=O) groups is 1. The van der Waals surface area contributed by atoms with Crippen LogP contribution in [0.25, 0.3) is 0 Å². The number of nitrogens with one attached hydrogen (secondary N) is 1. The lowest BCUT2D eigenvalue weighted by atomic mass is 10.00. The zero-order valence-electron chi connectivity index (χ0n) is 11.9. The molecule has 2 nitrogen and oxygen atoms in total. The molecule has 0 aromatic heterocycles. The molecule has 0 saturated carbocycles. The summed E-state index contributed by atoms with van der Waals surface area (Å²) in [6, 6.07) is 13.7. The van der Waals surface area contributed by atoms with Gasteiger partial charge in [-0.15, -0.1) is 0 Å². The van der Waals surface area contributed by atoms with Crippen LogP contribution < -0.4 is 5.32 Å². The first-order chi connectivity index (χ1) is 9.49. The molecule has 0 saturated heterocycles. The quantitative estimate of drug-likeness (QED) is 0.877. The summed E-state index contributed by atoms with van der Waals surface area (Å²) in [6.45, 7) is 6.15. The third-order valence-corrected chi connectivity index (χ3v) is 4.05. The van der Waals surface area contributed by atoms with E-state index in [4.69, 9.17) is 0 Å². The van der Waals surface area contributed by atoms with Crippen molar-refractivity contribution in [1.82, 2.24) is 5.32 Å². The number of hydrogen-bond donors (Lipinski definition) is 1. The van der Waals surface area contributed by atoms with Crippen LogP contribution in [0.1, 0.15) is 40.0 Å². The lowest BCUT2D eigenvalue weighted by Gasteiger charge is -2.17. The third-order valence-electron chi connectivity index (χ3n) is 3.36. The van der Waals surface area contributed by atoms with Crippen LogP contribution in [-0.4, -0.2) is 5.91 Å². The molecule has 2 aromatic carbocycles. The summed E-state index contributed by atoms with van der Waals surface area (Å²) in [5.41, 5.74) is 4.24. The first kappa shape index (κ1) is 14.8. The molecule has 1 N–H and O–H groups in total. The van der Waals surface area contributed by atoms with Crippen molar-refractivity contribution in [3.63, 3.8) is 0 Å². The molecular weight excluding hydrogens is 314 g/mol. The van der Waals surface area contributed by atoms with Gasteiger partial charge >= 0.3 is 0 Å². The van der Waals surface area contributed by atoms with Crippen LogP contribution >= 0.6 is 15.9 Å². The van der Waals surface area contributed by atoms with E-state index in [0.717, 1.165) is 10.0 Å². The minimum atomic E-state index is -0.0649. The molecular formula is C17H18BrNO. The zero-order valence-corrected chi connectivity index (χ0v) is 13.5. The monoisotopic (exact) mass is 331 g/mol. The second-order valence-electron chi connectivity index (χ2n) is 5.04. The smallest absolute Gasteiger partial charge is 0.252 e. The molecule has 20 heavy (non-hydrogen) atoms. The molecule has 3 heteroatoms. The second kappa shape index (κ2) is 6.23. The molecule has 0 aliphatic heterocycles. The van der Waals surface area contributed by atoms with E-state index in [1.807, 2.05) is 31.2 Å². The number of carbonyl (C=O) groups excluding carboxylic acids is 1. The summed E-state index contributed by atoms with van der Waals surface area (Å²) in [4.78, 5) is 12.3. The number of aryl methyl sites for hydroxylation is 2. The summed E-state index contributed by atoms with van der Waals surface area (Å²) in [7, 11) is 0. The van der Waals surface area contributed by atoms with Crippen molar-refractivity contribution >= 4 is 21.8 Å². The van der Waals surface area contributed by atoms with Crippen LogP contribution in [0.3, 0.4) is 0 Å². The Balaban J connectivity index is 2.17. The average Bonchev–Trinajstić information content (AvgIpc) is 2.38. The molecule has 0 aliphatic carbocycles. The third kappa shape index (κ3) is 3.28. The van der Waals surface area contributed by atoms with Crippen LogP contribution in [-0.2, 0) is 0 Å². The normalized spacial score (nSPS) is 12.0. The number of hydrogen-bond acceptors (Lipinski definition) is 1. The molecule has 2 rings (SSSR count). The number of amides is 1. The Kier molecular flexibility index (Phi) is 4.61. The van der Waals surface area contributed by atoms with Gasteiger partial charge in [0.2, 0.25) is 0 Å². The Hall–Kier alpha value is -1.61. The van der Waals surface area contributed by atoms with Gasteiger partial charge in [-0.1, -0.05) is 35.9 Å².